The molecule has 0 spiro atoms. The van der Waals surface area contributed by atoms with Crippen molar-refractivity contribution in [2.45, 2.75) is 9.79 Å². The van der Waals surface area contributed by atoms with Gasteiger partial charge in [0.05, 0.1) is 26.9 Å². The molecule has 0 radical (unpaired) electrons. The quantitative estimate of drug-likeness (QED) is 0.183. The van der Waals surface area contributed by atoms with Gasteiger partial charge in [0, 0.05) is 5.39 Å². The van der Waals surface area contributed by atoms with Crippen LogP contribution in [0, 0.1) is 0 Å². The van der Waals surface area contributed by atoms with E-state index in [-0.39, 0.29) is 80.8 Å². The third-order valence-electron chi connectivity index (χ3n) is 4.75. The van der Waals surface area contributed by atoms with Gasteiger partial charge in [0.1, 0.15) is 31.7 Å². The molecule has 4 rings (SSSR count). The third-order valence-corrected chi connectivity index (χ3v) is 6.43. The Kier molecular flexibility index (Phi) is 10.7. The molecule has 0 amide bonds. The molecule has 0 aromatic heterocycles. The number of nitrogens with zero attached hydrogens (tertiary/aromatic N) is 4. The molecule has 0 bridgehead atoms. The number of phenolic OH excluding ortho intramolecular Hbond substituents is 1. The summed E-state index contributed by atoms with van der Waals surface area (Å²) in [4.78, 5) is -0.819. The largest absolute Gasteiger partial charge is 1.00 e. The third kappa shape index (κ3) is 7.97. The standard InChI is InChI=1S/C22H16N4O7S2.2Na/c27-21-12-2-14-1-9-19(35(31,32)33)13-20(14)22(21)26-25-16-5-3-15(4-6-16)23-24-17-7-10-18(11-8-17)34(28,29)30;;/h1-13,27H,(H,28,29,30)(H,31,32,33);;/q;2*+1/p-2. The van der Waals surface area contributed by atoms with Gasteiger partial charge in [-0.1, -0.05) is 12.1 Å². The topological polar surface area (TPSA) is 184 Å². The average molecular weight is 556 g/mol. The maximum atomic E-state index is 11.4. The molecular formula is C22H14N4Na2O7S2. The minimum absolute atomic E-state index is 0. The van der Waals surface area contributed by atoms with Crippen LogP contribution in [0.25, 0.3) is 10.8 Å². The molecule has 4 aromatic carbocycles. The molecule has 0 atom stereocenters. The van der Waals surface area contributed by atoms with Gasteiger partial charge in [-0.15, -0.1) is 5.11 Å². The summed E-state index contributed by atoms with van der Waals surface area (Å²) in [6.45, 7) is 0. The molecule has 0 heterocycles. The predicted octanol–water partition coefficient (Wildman–Crippen LogP) is -0.808. The Bertz CT molecular complexity index is 1690. The van der Waals surface area contributed by atoms with Crippen LogP contribution in [0.3, 0.4) is 0 Å². The first-order valence-corrected chi connectivity index (χ1v) is 12.5. The Labute approximate surface area is 256 Å². The van der Waals surface area contributed by atoms with Gasteiger partial charge in [0.15, 0.2) is 0 Å². The molecule has 0 aliphatic rings. The fourth-order valence-electron chi connectivity index (χ4n) is 3.02. The Morgan fingerprint density at radius 1 is 0.568 bits per heavy atom. The minimum Gasteiger partial charge on any atom is -0.744 e. The minimum atomic E-state index is -4.69. The van der Waals surface area contributed by atoms with Crippen molar-refractivity contribution in [3.8, 4) is 5.75 Å². The molecule has 11 nitrogen and oxygen atoms in total. The van der Waals surface area contributed by atoms with E-state index in [0.29, 0.717) is 22.4 Å². The van der Waals surface area contributed by atoms with E-state index in [1.807, 2.05) is 0 Å². The Balaban J connectivity index is 0.00000241. The second-order valence-electron chi connectivity index (χ2n) is 7.13. The Hall–Kier alpha value is -2.04. The first kappa shape index (κ1) is 31.2. The number of hydrogen-bond acceptors (Lipinski definition) is 11. The molecule has 15 heteroatoms. The fourth-order valence-corrected chi connectivity index (χ4v) is 3.99. The van der Waals surface area contributed by atoms with Gasteiger partial charge in [0.2, 0.25) is 0 Å². The van der Waals surface area contributed by atoms with E-state index in [0.717, 1.165) is 18.2 Å². The summed E-state index contributed by atoms with van der Waals surface area (Å²) in [6.07, 6.45) is 0. The molecule has 0 saturated heterocycles. The van der Waals surface area contributed by atoms with E-state index < -0.39 is 25.1 Å². The van der Waals surface area contributed by atoms with E-state index in [4.69, 9.17) is 0 Å². The molecule has 1 N–H and O–H groups in total. The molecule has 0 aliphatic heterocycles. The van der Waals surface area contributed by atoms with E-state index >= 15 is 0 Å². The number of aromatic hydroxyl groups is 1. The van der Waals surface area contributed by atoms with Crippen LogP contribution in [0.4, 0.5) is 22.7 Å². The van der Waals surface area contributed by atoms with Crippen molar-refractivity contribution in [3.05, 3.63) is 78.9 Å². The monoisotopic (exact) mass is 556 g/mol. The molecular weight excluding hydrogens is 542 g/mol. The second-order valence-corrected chi connectivity index (χ2v) is 9.89. The number of fused-ring (bicyclic) bond motifs is 1. The van der Waals surface area contributed by atoms with Crippen LogP contribution in [-0.4, -0.2) is 31.0 Å². The number of phenols is 1. The van der Waals surface area contributed by atoms with E-state index in [1.54, 1.807) is 30.3 Å². The van der Waals surface area contributed by atoms with E-state index in [2.05, 4.69) is 20.5 Å². The van der Waals surface area contributed by atoms with Crippen molar-refractivity contribution in [2.75, 3.05) is 0 Å². The van der Waals surface area contributed by atoms with Crippen molar-refractivity contribution < 1.29 is 90.2 Å². The fraction of sp³-hybridized carbons (Fsp3) is 0. The summed E-state index contributed by atoms with van der Waals surface area (Å²) in [5.41, 5.74) is 1.17. The van der Waals surface area contributed by atoms with Crippen LogP contribution in [0.1, 0.15) is 0 Å². The SMILES string of the molecule is O=S(=O)([O-])c1ccc(N=Nc2ccc(N=Nc3c(O)ccc4ccc(S(=O)(=O)[O-])cc34)cc2)cc1.[Na+].[Na+]. The van der Waals surface area contributed by atoms with Gasteiger partial charge in [-0.25, -0.2) is 16.8 Å². The van der Waals surface area contributed by atoms with Crippen LogP contribution in [0.15, 0.2) is 109 Å². The summed E-state index contributed by atoms with van der Waals surface area (Å²) in [7, 11) is -9.23. The predicted molar refractivity (Wildman–Crippen MR) is 123 cm³/mol. The number of benzene rings is 4. The van der Waals surface area contributed by atoms with Crippen molar-refractivity contribution in [3.63, 3.8) is 0 Å². The molecule has 178 valence electrons. The van der Waals surface area contributed by atoms with Crippen LogP contribution < -0.4 is 59.1 Å². The van der Waals surface area contributed by atoms with Crippen LogP contribution in [0.5, 0.6) is 5.75 Å². The first-order valence-electron chi connectivity index (χ1n) is 9.72. The molecule has 37 heavy (non-hydrogen) atoms. The Morgan fingerprint density at radius 3 is 1.46 bits per heavy atom. The summed E-state index contributed by atoms with van der Waals surface area (Å²) >= 11 is 0. The Morgan fingerprint density at radius 2 is 0.973 bits per heavy atom. The van der Waals surface area contributed by atoms with Crippen LogP contribution in [0.2, 0.25) is 0 Å². The molecule has 0 unspecified atom stereocenters. The average Bonchev–Trinajstić information content (AvgIpc) is 2.81. The van der Waals surface area contributed by atoms with Gasteiger partial charge in [-0.2, -0.15) is 15.3 Å². The van der Waals surface area contributed by atoms with Gasteiger partial charge < -0.3 is 14.2 Å². The molecule has 4 aromatic rings. The number of azo groups is 2. The molecule has 0 saturated carbocycles. The zero-order chi connectivity index (χ0) is 25.2. The summed E-state index contributed by atoms with van der Waals surface area (Å²) in [6, 6.07) is 17.9. The summed E-state index contributed by atoms with van der Waals surface area (Å²) in [5, 5.41) is 27.1. The van der Waals surface area contributed by atoms with Crippen molar-refractivity contribution in [1.82, 2.24) is 0 Å². The zero-order valence-electron chi connectivity index (χ0n) is 19.5. The van der Waals surface area contributed by atoms with Gasteiger partial charge in [0.25, 0.3) is 0 Å². The maximum absolute atomic E-state index is 11.4. The first-order chi connectivity index (χ1) is 16.5. The number of rotatable bonds is 6. The number of hydrogen-bond donors (Lipinski definition) is 1. The molecule has 0 fully saturated rings. The zero-order valence-corrected chi connectivity index (χ0v) is 25.1. The van der Waals surface area contributed by atoms with Gasteiger partial charge in [-0.3, -0.25) is 0 Å². The van der Waals surface area contributed by atoms with Crippen molar-refractivity contribution >= 4 is 53.8 Å². The van der Waals surface area contributed by atoms with Gasteiger partial charge in [-0.05, 0) is 72.1 Å². The molecule has 0 aliphatic carbocycles. The van der Waals surface area contributed by atoms with Crippen molar-refractivity contribution in [1.29, 1.82) is 0 Å². The smallest absolute Gasteiger partial charge is 0.744 e. The van der Waals surface area contributed by atoms with Gasteiger partial charge >= 0.3 is 59.1 Å². The summed E-state index contributed by atoms with van der Waals surface area (Å²) < 4.78 is 67.0. The van der Waals surface area contributed by atoms with E-state index in [1.165, 1.54) is 30.3 Å². The summed E-state index contributed by atoms with van der Waals surface area (Å²) in [5.74, 6) is -0.247. The van der Waals surface area contributed by atoms with Crippen LogP contribution in [-0.2, 0) is 20.2 Å². The van der Waals surface area contributed by atoms with Crippen LogP contribution >= 0.6 is 0 Å². The second kappa shape index (κ2) is 12.7. The maximum Gasteiger partial charge on any atom is 1.00 e. The normalized spacial score (nSPS) is 11.9. The van der Waals surface area contributed by atoms with E-state index in [9.17, 15) is 31.0 Å². The van der Waals surface area contributed by atoms with Crippen molar-refractivity contribution in [2.24, 2.45) is 20.5 Å².